The van der Waals surface area contributed by atoms with Gasteiger partial charge in [0.15, 0.2) is 0 Å². The minimum absolute atomic E-state index is 0.100. The van der Waals surface area contributed by atoms with Crippen molar-refractivity contribution in [1.29, 1.82) is 10.5 Å². The number of esters is 3. The van der Waals surface area contributed by atoms with Crippen molar-refractivity contribution < 1.29 is 28.6 Å². The fourth-order valence-electron chi connectivity index (χ4n) is 1.56. The van der Waals surface area contributed by atoms with E-state index in [2.05, 4.69) is 14.2 Å². The fourth-order valence-corrected chi connectivity index (χ4v) is 1.56. The van der Waals surface area contributed by atoms with Gasteiger partial charge in [0.25, 0.3) is 0 Å². The zero-order chi connectivity index (χ0) is 19.4. The molecular formula is C16H14N3O6-. The molecule has 0 radical (unpaired) electrons. The number of carbonyl (C=O) groups is 3. The van der Waals surface area contributed by atoms with E-state index in [1.807, 2.05) is 0 Å². The second-order valence-electron chi connectivity index (χ2n) is 4.28. The quantitative estimate of drug-likeness (QED) is 0.162. The Bertz CT molecular complexity index is 745. The van der Waals surface area contributed by atoms with E-state index in [0.29, 0.717) is 0 Å². The van der Waals surface area contributed by atoms with E-state index < -0.39 is 41.4 Å². The zero-order valence-corrected chi connectivity index (χ0v) is 13.7. The van der Waals surface area contributed by atoms with Gasteiger partial charge in [-0.3, -0.25) is 10.7 Å². The number of methoxy groups -OCH3 is 3. The Morgan fingerprint density at radius 3 is 2.04 bits per heavy atom. The second kappa shape index (κ2) is 10.9. The molecule has 0 aliphatic carbocycles. The van der Waals surface area contributed by atoms with E-state index in [4.69, 9.17) is 10.7 Å². The summed E-state index contributed by atoms with van der Waals surface area (Å²) in [5.74, 6) is -2.32. The Labute approximate surface area is 143 Å². The van der Waals surface area contributed by atoms with Crippen LogP contribution in [0.5, 0.6) is 0 Å². The molecule has 0 rings (SSSR count). The molecule has 0 fully saturated rings. The van der Waals surface area contributed by atoms with Gasteiger partial charge in [0, 0.05) is 0 Å². The molecule has 0 bridgehead atoms. The fraction of sp³-hybridized carbons (Fsp3) is 0.312. The molecule has 9 nitrogen and oxygen atoms in total. The van der Waals surface area contributed by atoms with Crippen LogP contribution in [0.4, 0.5) is 0 Å². The molecule has 0 aliphatic heterocycles. The highest BCUT2D eigenvalue weighted by Gasteiger charge is 2.21. The molecule has 130 valence electrons. The third kappa shape index (κ3) is 6.53. The lowest BCUT2D eigenvalue weighted by molar-refractivity contribution is -0.141. The Morgan fingerprint density at radius 1 is 1.04 bits per heavy atom. The summed E-state index contributed by atoms with van der Waals surface area (Å²) in [6.07, 6.45) is 1.50. The Hall–Kier alpha value is -3.68. The molecule has 0 aromatic carbocycles. The Morgan fingerprint density at radius 2 is 1.64 bits per heavy atom. The first-order chi connectivity index (χ1) is 11.9. The number of hydrogen-bond donors (Lipinski definition) is 0. The smallest absolute Gasteiger partial charge is 0.348 e. The highest BCUT2D eigenvalue weighted by Crippen LogP contribution is 2.21. The van der Waals surface area contributed by atoms with Crippen LogP contribution < -0.4 is 0 Å². The number of nitrogens with zero attached hydrogens (tertiary/aromatic N) is 3. The third-order valence-electron chi connectivity index (χ3n) is 2.83. The van der Waals surface area contributed by atoms with Crippen LogP contribution in [0.2, 0.25) is 0 Å². The van der Waals surface area contributed by atoms with Crippen LogP contribution >= 0.6 is 0 Å². The molecule has 0 heterocycles. The highest BCUT2D eigenvalue weighted by atomic mass is 16.5. The molecule has 0 unspecified atom stereocenters. The second-order valence-corrected chi connectivity index (χ2v) is 4.28. The van der Waals surface area contributed by atoms with Gasteiger partial charge >= 0.3 is 17.9 Å². The average molecular weight is 344 g/mol. The van der Waals surface area contributed by atoms with Crippen LogP contribution in [0, 0.1) is 28.6 Å². The maximum absolute atomic E-state index is 11.5. The number of nitriles is 2. The van der Waals surface area contributed by atoms with Gasteiger partial charge in [-0.05, 0) is 17.7 Å². The van der Waals surface area contributed by atoms with Crippen molar-refractivity contribution >= 4 is 23.8 Å². The predicted octanol–water partition coefficient (Wildman–Crippen LogP) is 0.577. The molecule has 0 saturated carbocycles. The Balaban J connectivity index is 6.27. The molecule has 0 aromatic heterocycles. The van der Waals surface area contributed by atoms with Crippen molar-refractivity contribution in [2.75, 3.05) is 21.3 Å². The van der Waals surface area contributed by atoms with Crippen molar-refractivity contribution in [2.24, 2.45) is 5.92 Å². The minimum Gasteiger partial charge on any atom is -0.763 e. The maximum Gasteiger partial charge on any atom is 0.348 e. The summed E-state index contributed by atoms with van der Waals surface area (Å²) < 4.78 is 13.3. The topological polar surface area (TPSA) is 149 Å². The van der Waals surface area contributed by atoms with Gasteiger partial charge in [-0.1, -0.05) is 0 Å². The monoisotopic (exact) mass is 344 g/mol. The van der Waals surface area contributed by atoms with E-state index >= 15 is 0 Å². The van der Waals surface area contributed by atoms with Crippen molar-refractivity contribution in [3.8, 4) is 12.1 Å². The summed E-state index contributed by atoms with van der Waals surface area (Å²) in [6.45, 7) is 0. The minimum atomic E-state index is -1.19. The number of rotatable bonds is 7. The maximum atomic E-state index is 11.5. The Kier molecular flexibility index (Phi) is 9.34. The summed E-state index contributed by atoms with van der Waals surface area (Å²) in [5, 5.41) is 27.3. The molecule has 0 amide bonds. The summed E-state index contributed by atoms with van der Waals surface area (Å²) in [5.41, 5.74) is -1.07. The van der Waals surface area contributed by atoms with E-state index in [1.165, 1.54) is 0 Å². The van der Waals surface area contributed by atoms with Gasteiger partial charge in [-0.25, -0.2) is 9.59 Å². The molecule has 25 heavy (non-hydrogen) atoms. The molecular weight excluding hydrogens is 330 g/mol. The van der Waals surface area contributed by atoms with E-state index in [-0.39, 0.29) is 5.57 Å². The normalized spacial score (nSPS) is 11.9. The molecule has 0 aliphatic rings. The lowest BCUT2D eigenvalue weighted by Gasteiger charge is -2.11. The van der Waals surface area contributed by atoms with Gasteiger partial charge in [0.2, 0.25) is 0 Å². The van der Waals surface area contributed by atoms with E-state index in [9.17, 15) is 19.6 Å². The first-order valence-electron chi connectivity index (χ1n) is 6.61. The molecule has 0 saturated heterocycles. The van der Waals surface area contributed by atoms with Crippen molar-refractivity contribution in [1.82, 2.24) is 0 Å². The van der Waals surface area contributed by atoms with Crippen molar-refractivity contribution in [3.05, 3.63) is 34.3 Å². The molecule has 0 aromatic rings. The molecule has 9 heteroatoms. The van der Waals surface area contributed by atoms with Crippen LogP contribution in [0.3, 0.4) is 0 Å². The van der Waals surface area contributed by atoms with Gasteiger partial charge in [0.05, 0.1) is 45.3 Å². The molecule has 0 N–H and O–H groups in total. The number of ether oxygens (including phenoxy) is 3. The van der Waals surface area contributed by atoms with E-state index in [1.54, 1.807) is 18.0 Å². The molecule has 1 atom stereocenters. The van der Waals surface area contributed by atoms with Crippen LogP contribution in [-0.2, 0) is 28.6 Å². The van der Waals surface area contributed by atoms with Gasteiger partial charge in [-0.15, -0.1) is 0 Å². The lowest BCUT2D eigenvalue weighted by atomic mass is 9.93. The zero-order valence-electron chi connectivity index (χ0n) is 13.7. The van der Waals surface area contributed by atoms with Gasteiger partial charge < -0.3 is 19.6 Å². The van der Waals surface area contributed by atoms with Crippen LogP contribution in [0.25, 0.3) is 5.41 Å². The van der Waals surface area contributed by atoms with Gasteiger partial charge in [0.1, 0.15) is 11.6 Å². The summed E-state index contributed by atoms with van der Waals surface area (Å²) in [4.78, 5) is 34.5. The first kappa shape index (κ1) is 21.3. The first-order valence-corrected chi connectivity index (χ1v) is 6.61. The third-order valence-corrected chi connectivity index (χ3v) is 2.83. The SMILES string of the molecule is COC(=O)C[C@@H](C#N)C(=C\C(=C=[N-])C(=O)OC)/C=C(\C#N)C(=O)OC. The molecule has 0 spiro atoms. The van der Waals surface area contributed by atoms with Crippen LogP contribution in [-0.4, -0.2) is 45.1 Å². The van der Waals surface area contributed by atoms with Crippen LogP contribution in [0.1, 0.15) is 6.42 Å². The van der Waals surface area contributed by atoms with E-state index in [0.717, 1.165) is 33.5 Å². The lowest BCUT2D eigenvalue weighted by Crippen LogP contribution is -2.13. The largest absolute Gasteiger partial charge is 0.763 e. The predicted molar refractivity (Wildman–Crippen MR) is 83.4 cm³/mol. The highest BCUT2D eigenvalue weighted by molar-refractivity contribution is 6.02. The number of allylic oxidation sites excluding steroid dienone is 2. The summed E-state index contributed by atoms with van der Waals surface area (Å²) in [7, 11) is 3.22. The van der Waals surface area contributed by atoms with Crippen LogP contribution in [0.15, 0.2) is 28.9 Å². The van der Waals surface area contributed by atoms with Crippen molar-refractivity contribution in [3.63, 3.8) is 0 Å². The van der Waals surface area contributed by atoms with Gasteiger partial charge in [-0.2, -0.15) is 10.5 Å². The summed E-state index contributed by atoms with van der Waals surface area (Å²) >= 11 is 0. The summed E-state index contributed by atoms with van der Waals surface area (Å²) in [6, 6.07) is 3.37. The standard InChI is InChI=1S/C16H14N3O6/c1-23-14(20)6-11(7-17)10(4-12(8-18)15(21)24-2)5-13(9-19)16(22)25-3/h4-5,11H,6H2,1-3H3/q-1/b10-4-,13-5+/t11-/m0/s1. The number of carbonyl (C=O) groups excluding carboxylic acids is 3. The van der Waals surface area contributed by atoms with Crippen molar-refractivity contribution in [2.45, 2.75) is 6.42 Å². The number of hydrogen-bond acceptors (Lipinski definition) is 8. The average Bonchev–Trinajstić information content (AvgIpc) is 2.65.